The molecule has 0 spiro atoms. The van der Waals surface area contributed by atoms with Gasteiger partial charge in [0, 0.05) is 23.3 Å². The number of methoxy groups -OCH3 is 1. The van der Waals surface area contributed by atoms with E-state index in [-0.39, 0.29) is 18.0 Å². The van der Waals surface area contributed by atoms with Crippen molar-refractivity contribution in [1.82, 2.24) is 4.57 Å². The number of aryl methyl sites for hydroxylation is 1. The van der Waals surface area contributed by atoms with E-state index in [2.05, 4.69) is 20.7 Å². The van der Waals surface area contributed by atoms with Crippen molar-refractivity contribution in [3.63, 3.8) is 0 Å². The molecule has 2 rings (SSSR count). The van der Waals surface area contributed by atoms with Crippen LogP contribution in [0.15, 0.2) is 45.8 Å². The first-order valence-corrected chi connectivity index (χ1v) is 7.50. The molecule has 1 atom stereocenters. The summed E-state index contributed by atoms with van der Waals surface area (Å²) < 4.78 is 6.97. The molecule has 5 nitrogen and oxygen atoms in total. The van der Waals surface area contributed by atoms with E-state index in [0.717, 1.165) is 15.6 Å². The molecule has 0 aliphatic carbocycles. The van der Waals surface area contributed by atoms with Gasteiger partial charge in [-0.3, -0.25) is 9.59 Å². The van der Waals surface area contributed by atoms with Gasteiger partial charge < -0.3 is 15.0 Å². The molecular formula is C16H18BrClN2O3. The van der Waals surface area contributed by atoms with E-state index in [9.17, 15) is 9.59 Å². The number of nitrogens with two attached hydrogens (primary N) is 1. The summed E-state index contributed by atoms with van der Waals surface area (Å²) >= 11 is 3.39. The van der Waals surface area contributed by atoms with Crippen LogP contribution in [0.5, 0.6) is 0 Å². The Hall–Kier alpha value is -1.63. The number of hydrogen-bond acceptors (Lipinski definition) is 4. The molecule has 0 fully saturated rings. The fraction of sp³-hybridized carbons (Fsp3) is 0.250. The first-order valence-electron chi connectivity index (χ1n) is 6.71. The number of carbonyl (C=O) groups is 1. The van der Waals surface area contributed by atoms with Crippen LogP contribution < -0.4 is 11.3 Å². The van der Waals surface area contributed by atoms with Gasteiger partial charge in [-0.2, -0.15) is 0 Å². The largest absolute Gasteiger partial charge is 0.468 e. The van der Waals surface area contributed by atoms with Crippen LogP contribution in [0.25, 0.3) is 11.1 Å². The zero-order valence-electron chi connectivity index (χ0n) is 12.8. The van der Waals surface area contributed by atoms with Gasteiger partial charge in [-0.25, -0.2) is 0 Å². The van der Waals surface area contributed by atoms with E-state index in [4.69, 9.17) is 5.73 Å². The van der Waals surface area contributed by atoms with Crippen LogP contribution in [0.1, 0.15) is 5.56 Å². The second-order valence-corrected chi connectivity index (χ2v) is 5.93. The van der Waals surface area contributed by atoms with E-state index in [1.807, 2.05) is 24.3 Å². The second kappa shape index (κ2) is 8.29. The Bertz CT molecular complexity index is 744. The van der Waals surface area contributed by atoms with Crippen molar-refractivity contribution < 1.29 is 9.53 Å². The number of rotatable bonds is 4. The maximum Gasteiger partial charge on any atom is 0.322 e. The van der Waals surface area contributed by atoms with Crippen LogP contribution in [0.3, 0.4) is 0 Å². The zero-order valence-corrected chi connectivity index (χ0v) is 15.2. The van der Waals surface area contributed by atoms with Gasteiger partial charge in [0.05, 0.1) is 7.11 Å². The molecule has 0 bridgehead atoms. The van der Waals surface area contributed by atoms with Crippen molar-refractivity contribution >= 4 is 34.3 Å². The minimum atomic E-state index is -0.686. The van der Waals surface area contributed by atoms with Crippen molar-refractivity contribution in [2.75, 3.05) is 7.11 Å². The Kier molecular flexibility index (Phi) is 7.00. The average molecular weight is 402 g/mol. The molecule has 0 amide bonds. The molecular weight excluding hydrogens is 384 g/mol. The topological polar surface area (TPSA) is 74.3 Å². The summed E-state index contributed by atoms with van der Waals surface area (Å²) in [5, 5.41) is 0. The zero-order chi connectivity index (χ0) is 16.3. The van der Waals surface area contributed by atoms with Gasteiger partial charge in [-0.15, -0.1) is 12.4 Å². The minimum Gasteiger partial charge on any atom is -0.468 e. The van der Waals surface area contributed by atoms with Crippen molar-refractivity contribution in [3.05, 3.63) is 56.9 Å². The third-order valence-electron chi connectivity index (χ3n) is 3.37. The Morgan fingerprint density at radius 1 is 1.35 bits per heavy atom. The lowest BCUT2D eigenvalue weighted by Crippen LogP contribution is -2.33. The van der Waals surface area contributed by atoms with Crippen LogP contribution in [-0.2, 0) is 23.0 Å². The first-order chi connectivity index (χ1) is 10.4. The first kappa shape index (κ1) is 19.4. The fourth-order valence-corrected chi connectivity index (χ4v) is 2.72. The summed E-state index contributed by atoms with van der Waals surface area (Å²) in [5.74, 6) is -0.440. The number of carbonyl (C=O) groups excluding carboxylic acids is 1. The lowest BCUT2D eigenvalue weighted by Gasteiger charge is -2.10. The molecule has 0 aliphatic heterocycles. The predicted octanol–water partition coefficient (Wildman–Crippen LogP) is 2.28. The van der Waals surface area contributed by atoms with E-state index < -0.39 is 12.0 Å². The molecule has 0 saturated heterocycles. The minimum absolute atomic E-state index is 0. The summed E-state index contributed by atoms with van der Waals surface area (Å²) in [5.41, 5.74) is 8.01. The lowest BCUT2D eigenvalue weighted by atomic mass is 10.0. The van der Waals surface area contributed by atoms with Gasteiger partial charge in [0.15, 0.2) is 0 Å². The molecule has 2 aromatic rings. The number of esters is 1. The maximum absolute atomic E-state index is 12.2. The maximum atomic E-state index is 12.2. The number of ether oxygens (including phenoxy) is 1. The fourth-order valence-electron chi connectivity index (χ4n) is 2.19. The van der Waals surface area contributed by atoms with E-state index in [0.29, 0.717) is 12.0 Å². The molecule has 124 valence electrons. The monoisotopic (exact) mass is 400 g/mol. The van der Waals surface area contributed by atoms with E-state index in [1.165, 1.54) is 11.7 Å². The van der Waals surface area contributed by atoms with Crippen LogP contribution in [0.2, 0.25) is 0 Å². The van der Waals surface area contributed by atoms with Crippen molar-refractivity contribution in [3.8, 4) is 11.1 Å². The summed E-state index contributed by atoms with van der Waals surface area (Å²) in [7, 11) is 3.02. The molecule has 0 saturated carbocycles. The normalized spacial score (nSPS) is 11.5. The summed E-state index contributed by atoms with van der Waals surface area (Å²) in [4.78, 5) is 23.5. The Morgan fingerprint density at radius 3 is 2.52 bits per heavy atom. The highest BCUT2D eigenvalue weighted by molar-refractivity contribution is 9.10. The number of aromatic nitrogens is 1. The number of nitrogens with zero attached hydrogens (tertiary/aromatic N) is 1. The highest BCUT2D eigenvalue weighted by Gasteiger charge is 2.14. The predicted molar refractivity (Wildman–Crippen MR) is 95.8 cm³/mol. The smallest absolute Gasteiger partial charge is 0.322 e. The third-order valence-corrected chi connectivity index (χ3v) is 3.81. The summed E-state index contributed by atoms with van der Waals surface area (Å²) in [6.07, 6.45) is 2.11. The van der Waals surface area contributed by atoms with Crippen LogP contribution in [-0.4, -0.2) is 23.7 Å². The summed E-state index contributed by atoms with van der Waals surface area (Å²) in [6, 6.07) is 8.52. The molecule has 2 N–H and O–H groups in total. The third kappa shape index (κ3) is 4.67. The van der Waals surface area contributed by atoms with Crippen molar-refractivity contribution in [2.45, 2.75) is 12.5 Å². The Balaban J connectivity index is 0.00000264. The van der Waals surface area contributed by atoms with Crippen molar-refractivity contribution in [2.24, 2.45) is 12.8 Å². The number of hydrogen-bond donors (Lipinski definition) is 1. The summed E-state index contributed by atoms with van der Waals surface area (Å²) in [6.45, 7) is 0. The molecule has 23 heavy (non-hydrogen) atoms. The Morgan fingerprint density at radius 2 is 1.96 bits per heavy atom. The quantitative estimate of drug-likeness (QED) is 0.798. The van der Waals surface area contributed by atoms with Gasteiger partial charge in [0.2, 0.25) is 0 Å². The SMILES string of the molecule is COC(=O)C(N)Cc1ccc(-c2cc(Br)cn(C)c2=O)cc1.Cl. The second-order valence-electron chi connectivity index (χ2n) is 5.02. The van der Waals surface area contributed by atoms with Gasteiger partial charge in [-0.05, 0) is 39.5 Å². The molecule has 0 radical (unpaired) electrons. The van der Waals surface area contributed by atoms with Gasteiger partial charge in [-0.1, -0.05) is 24.3 Å². The van der Waals surface area contributed by atoms with Gasteiger partial charge >= 0.3 is 5.97 Å². The lowest BCUT2D eigenvalue weighted by molar-refractivity contribution is -0.142. The molecule has 0 aliphatic rings. The average Bonchev–Trinajstić information content (AvgIpc) is 2.50. The van der Waals surface area contributed by atoms with E-state index in [1.54, 1.807) is 19.3 Å². The van der Waals surface area contributed by atoms with Gasteiger partial charge in [0.1, 0.15) is 6.04 Å². The molecule has 1 aromatic heterocycles. The number of benzene rings is 1. The standard InChI is InChI=1S/C16H17BrN2O3.ClH/c1-19-9-12(17)8-13(15(19)20)11-5-3-10(4-6-11)7-14(18)16(21)22-2;/h3-6,8-9,14H,7,18H2,1-2H3;1H. The van der Waals surface area contributed by atoms with Gasteiger partial charge in [0.25, 0.3) is 5.56 Å². The van der Waals surface area contributed by atoms with Crippen LogP contribution in [0.4, 0.5) is 0 Å². The number of pyridine rings is 1. The van der Waals surface area contributed by atoms with Crippen molar-refractivity contribution in [1.29, 1.82) is 0 Å². The van der Waals surface area contributed by atoms with E-state index >= 15 is 0 Å². The Labute approximate surface area is 149 Å². The highest BCUT2D eigenvalue weighted by Crippen LogP contribution is 2.20. The molecule has 1 unspecified atom stereocenters. The molecule has 1 heterocycles. The highest BCUT2D eigenvalue weighted by atomic mass is 79.9. The molecule has 1 aromatic carbocycles. The van der Waals surface area contributed by atoms with Crippen LogP contribution >= 0.6 is 28.3 Å². The molecule has 7 heteroatoms. The number of halogens is 2. The van der Waals surface area contributed by atoms with Crippen LogP contribution in [0, 0.1) is 0 Å².